The Balaban J connectivity index is 1.69. The number of nitrogens with one attached hydrogen (secondary N) is 1. The van der Waals surface area contributed by atoms with Crippen LogP contribution in [-0.4, -0.2) is 52.2 Å². The van der Waals surface area contributed by atoms with Crippen molar-refractivity contribution in [1.29, 1.82) is 0 Å². The van der Waals surface area contributed by atoms with Gasteiger partial charge in [0, 0.05) is 13.1 Å². The van der Waals surface area contributed by atoms with Gasteiger partial charge in [-0.2, -0.15) is 0 Å². The van der Waals surface area contributed by atoms with Gasteiger partial charge in [-0.15, -0.1) is 0 Å². The minimum absolute atomic E-state index is 0.00947. The van der Waals surface area contributed by atoms with Crippen LogP contribution in [0.4, 0.5) is 10.1 Å². The zero-order valence-corrected chi connectivity index (χ0v) is 17.7. The van der Waals surface area contributed by atoms with E-state index in [1.54, 1.807) is 44.1 Å². The van der Waals surface area contributed by atoms with E-state index in [-0.39, 0.29) is 24.0 Å². The summed E-state index contributed by atoms with van der Waals surface area (Å²) in [6.45, 7) is 2.13. The fourth-order valence-electron chi connectivity index (χ4n) is 3.54. The molecule has 156 valence electrons. The summed E-state index contributed by atoms with van der Waals surface area (Å²) in [6.07, 6.45) is 0.686. The minimum Gasteiger partial charge on any atom is -0.353 e. The number of carbonyl (C=O) groups is 1. The molecule has 8 heteroatoms. The molecule has 0 aliphatic carbocycles. The molecule has 0 unspecified atom stereocenters. The highest BCUT2D eigenvalue weighted by Gasteiger charge is 2.38. The van der Waals surface area contributed by atoms with Crippen LogP contribution in [0.3, 0.4) is 0 Å². The molecule has 1 aliphatic heterocycles. The summed E-state index contributed by atoms with van der Waals surface area (Å²) in [7, 11) is -0.0480. The third-order valence-corrected chi connectivity index (χ3v) is 7.34. The van der Waals surface area contributed by atoms with Crippen molar-refractivity contribution in [2.24, 2.45) is 0 Å². The molecule has 2 aromatic rings. The first kappa shape index (κ1) is 21.3. The normalized spacial score (nSPS) is 15.8. The zero-order chi connectivity index (χ0) is 21.2. The van der Waals surface area contributed by atoms with Crippen molar-refractivity contribution in [3.05, 3.63) is 65.5 Å². The van der Waals surface area contributed by atoms with Gasteiger partial charge in [0.2, 0.25) is 15.9 Å². The number of fused-ring (bicyclic) bond motifs is 1. The van der Waals surface area contributed by atoms with Crippen molar-refractivity contribution in [1.82, 2.24) is 10.2 Å². The molecule has 1 heterocycles. The fraction of sp³-hybridized carbons (Fsp3) is 0.381. The van der Waals surface area contributed by atoms with Gasteiger partial charge in [0.15, 0.2) is 0 Å². The lowest BCUT2D eigenvalue weighted by Crippen LogP contribution is -2.52. The Labute approximate surface area is 171 Å². The molecule has 0 saturated carbocycles. The third kappa shape index (κ3) is 4.13. The predicted molar refractivity (Wildman–Crippen MR) is 112 cm³/mol. The lowest BCUT2D eigenvalue weighted by molar-refractivity contribution is -0.131. The Morgan fingerprint density at radius 2 is 1.83 bits per heavy atom. The van der Waals surface area contributed by atoms with Gasteiger partial charge in [-0.25, -0.2) is 12.8 Å². The van der Waals surface area contributed by atoms with Gasteiger partial charge in [-0.3, -0.25) is 14.0 Å². The molecule has 0 saturated heterocycles. The Hall–Kier alpha value is -2.45. The molecule has 29 heavy (non-hydrogen) atoms. The number of nitrogens with zero attached hydrogens (tertiary/aromatic N) is 2. The van der Waals surface area contributed by atoms with Crippen molar-refractivity contribution >= 4 is 21.6 Å². The smallest absolute Gasteiger partial charge is 0.244 e. The van der Waals surface area contributed by atoms with Crippen molar-refractivity contribution in [2.45, 2.75) is 18.9 Å². The minimum atomic E-state index is -3.55. The maximum atomic E-state index is 13.3. The maximum absolute atomic E-state index is 13.3. The van der Waals surface area contributed by atoms with Crippen LogP contribution in [0.2, 0.25) is 0 Å². The van der Waals surface area contributed by atoms with Gasteiger partial charge >= 0.3 is 0 Å². The SMILES string of the molecule is CN(C)[C@@](C)(C(=O)NCCS(=O)(=O)N1CCc2ccccc21)c1ccc(F)cc1. The summed E-state index contributed by atoms with van der Waals surface area (Å²) < 4.78 is 40.3. The van der Waals surface area contributed by atoms with E-state index in [0.29, 0.717) is 24.2 Å². The number of benzene rings is 2. The van der Waals surface area contributed by atoms with E-state index in [0.717, 1.165) is 5.56 Å². The number of anilines is 1. The number of amides is 1. The van der Waals surface area contributed by atoms with Gasteiger partial charge in [0.1, 0.15) is 11.4 Å². The molecule has 3 rings (SSSR count). The highest BCUT2D eigenvalue weighted by atomic mass is 32.2. The van der Waals surface area contributed by atoms with E-state index < -0.39 is 15.6 Å². The second-order valence-electron chi connectivity index (χ2n) is 7.50. The molecule has 0 fully saturated rings. The largest absolute Gasteiger partial charge is 0.353 e. The summed E-state index contributed by atoms with van der Waals surface area (Å²) in [4.78, 5) is 14.7. The lowest BCUT2D eigenvalue weighted by Gasteiger charge is -2.35. The summed E-state index contributed by atoms with van der Waals surface area (Å²) in [5, 5.41) is 2.74. The lowest BCUT2D eigenvalue weighted by atomic mass is 9.89. The van der Waals surface area contributed by atoms with Gasteiger partial charge in [0.05, 0.1) is 11.4 Å². The number of para-hydroxylation sites is 1. The molecule has 1 atom stereocenters. The third-order valence-electron chi connectivity index (χ3n) is 5.57. The molecular weight excluding hydrogens is 393 g/mol. The number of likely N-dealkylation sites (N-methyl/N-ethyl adjacent to an activating group) is 1. The summed E-state index contributed by atoms with van der Waals surface area (Å²) >= 11 is 0. The quantitative estimate of drug-likeness (QED) is 0.746. The van der Waals surface area contributed by atoms with E-state index in [4.69, 9.17) is 0 Å². The zero-order valence-electron chi connectivity index (χ0n) is 16.9. The number of rotatable bonds is 7. The van der Waals surface area contributed by atoms with Crippen molar-refractivity contribution < 1.29 is 17.6 Å². The number of hydrogen-bond donors (Lipinski definition) is 1. The molecule has 2 aromatic carbocycles. The first-order valence-electron chi connectivity index (χ1n) is 9.46. The molecule has 1 N–H and O–H groups in total. The standard InChI is InChI=1S/C21H26FN3O3S/c1-21(24(2)3,17-8-10-18(22)11-9-17)20(26)23-13-15-29(27,28)25-14-12-16-6-4-5-7-19(16)25/h4-11H,12-15H2,1-3H3,(H,23,26)/t21-/m1/s1. The number of halogens is 1. The van der Waals surface area contributed by atoms with Crippen LogP contribution in [0, 0.1) is 5.82 Å². The molecular formula is C21H26FN3O3S. The van der Waals surface area contributed by atoms with Gasteiger partial charge in [0.25, 0.3) is 0 Å². The van der Waals surface area contributed by atoms with Crippen LogP contribution < -0.4 is 9.62 Å². The Morgan fingerprint density at radius 1 is 1.17 bits per heavy atom. The first-order chi connectivity index (χ1) is 13.7. The van der Waals surface area contributed by atoms with E-state index in [2.05, 4.69) is 5.32 Å². The Morgan fingerprint density at radius 3 is 2.48 bits per heavy atom. The second kappa shape index (κ2) is 8.12. The van der Waals surface area contributed by atoms with Crippen LogP contribution in [0.25, 0.3) is 0 Å². The van der Waals surface area contributed by atoms with E-state index >= 15 is 0 Å². The van der Waals surface area contributed by atoms with Crippen LogP contribution in [0.1, 0.15) is 18.1 Å². The Bertz CT molecular complexity index is 992. The average Bonchev–Trinajstić information content (AvgIpc) is 3.12. The van der Waals surface area contributed by atoms with E-state index in [9.17, 15) is 17.6 Å². The number of hydrogen-bond acceptors (Lipinski definition) is 4. The Kier molecular flexibility index (Phi) is 5.95. The van der Waals surface area contributed by atoms with Gasteiger partial charge in [-0.05, 0) is 56.8 Å². The van der Waals surface area contributed by atoms with Crippen LogP contribution in [0.5, 0.6) is 0 Å². The highest BCUT2D eigenvalue weighted by Crippen LogP contribution is 2.30. The number of sulfonamides is 1. The monoisotopic (exact) mass is 419 g/mol. The summed E-state index contributed by atoms with van der Waals surface area (Å²) in [6, 6.07) is 13.2. The van der Waals surface area contributed by atoms with Gasteiger partial charge < -0.3 is 5.32 Å². The molecule has 0 radical (unpaired) electrons. The second-order valence-corrected chi connectivity index (χ2v) is 9.51. The molecule has 1 amide bonds. The van der Waals surface area contributed by atoms with E-state index in [1.807, 2.05) is 18.2 Å². The molecule has 1 aliphatic rings. The molecule has 0 spiro atoms. The topological polar surface area (TPSA) is 69.7 Å². The van der Waals surface area contributed by atoms with Crippen molar-refractivity contribution in [3.8, 4) is 0 Å². The van der Waals surface area contributed by atoms with Crippen molar-refractivity contribution in [2.75, 3.05) is 37.2 Å². The molecule has 6 nitrogen and oxygen atoms in total. The average molecular weight is 420 g/mol. The van der Waals surface area contributed by atoms with Gasteiger partial charge in [-0.1, -0.05) is 30.3 Å². The fourth-order valence-corrected chi connectivity index (χ4v) is 4.97. The van der Waals surface area contributed by atoms with Crippen LogP contribution in [0.15, 0.2) is 48.5 Å². The van der Waals surface area contributed by atoms with E-state index in [1.165, 1.54) is 16.4 Å². The predicted octanol–water partition coefficient (Wildman–Crippen LogP) is 2.11. The first-order valence-corrected chi connectivity index (χ1v) is 11.1. The maximum Gasteiger partial charge on any atom is 0.244 e. The highest BCUT2D eigenvalue weighted by molar-refractivity contribution is 7.92. The van der Waals surface area contributed by atoms with Crippen LogP contribution in [-0.2, 0) is 26.8 Å². The molecule has 0 bridgehead atoms. The van der Waals surface area contributed by atoms with Crippen LogP contribution >= 0.6 is 0 Å². The molecule has 0 aromatic heterocycles. The van der Waals surface area contributed by atoms with Crippen molar-refractivity contribution in [3.63, 3.8) is 0 Å². The summed E-state index contributed by atoms with van der Waals surface area (Å²) in [5.41, 5.74) is 1.29. The number of carbonyl (C=O) groups excluding carboxylic acids is 1. The summed E-state index contributed by atoms with van der Waals surface area (Å²) in [5.74, 6) is -0.918.